The number of nitrogens with one attached hydrogen (secondary N) is 2. The largest absolute Gasteiger partial charge is 0.328 e. The Hall–Kier alpha value is -4.50. The fraction of sp³-hybridized carbons (Fsp3) is 0.0800. The number of allylic oxidation sites excluding steroid dienone is 1. The molecule has 5 rings (SSSR count). The number of benzene rings is 3. The molecule has 0 unspecified atom stereocenters. The summed E-state index contributed by atoms with van der Waals surface area (Å²) in [5.41, 5.74) is 2.95. The lowest BCUT2D eigenvalue weighted by Gasteiger charge is -2.28. The van der Waals surface area contributed by atoms with Gasteiger partial charge in [-0.05, 0) is 36.8 Å². The number of rotatable bonds is 5. The van der Waals surface area contributed by atoms with E-state index in [2.05, 4.69) is 20.7 Å². The Kier molecular flexibility index (Phi) is 5.76. The number of nitrogens with zero attached hydrogens (tertiary/aromatic N) is 4. The normalized spacial score (nSPS) is 14.7. The van der Waals surface area contributed by atoms with Gasteiger partial charge < -0.3 is 10.6 Å². The van der Waals surface area contributed by atoms with E-state index in [-0.39, 0.29) is 11.6 Å². The van der Waals surface area contributed by atoms with E-state index in [4.69, 9.17) is 11.6 Å². The Balaban J connectivity index is 1.60. The van der Waals surface area contributed by atoms with E-state index in [1.165, 1.54) is 12.1 Å². The summed E-state index contributed by atoms with van der Waals surface area (Å²) < 4.78 is 1.62. The van der Waals surface area contributed by atoms with Gasteiger partial charge in [-0.25, -0.2) is 4.68 Å². The number of non-ortho nitro benzene ring substituents is 1. The van der Waals surface area contributed by atoms with Crippen LogP contribution in [-0.2, 0) is 4.79 Å². The molecule has 174 valence electrons. The highest BCUT2D eigenvalue weighted by molar-refractivity contribution is 6.30. The average Bonchev–Trinajstić information content (AvgIpc) is 3.28. The fourth-order valence-corrected chi connectivity index (χ4v) is 4.13. The molecule has 35 heavy (non-hydrogen) atoms. The molecule has 0 spiro atoms. The number of hydrogen-bond donors (Lipinski definition) is 2. The fourth-order valence-electron chi connectivity index (χ4n) is 4.00. The van der Waals surface area contributed by atoms with Crippen molar-refractivity contribution in [2.45, 2.75) is 13.0 Å². The molecule has 9 nitrogen and oxygen atoms in total. The lowest BCUT2D eigenvalue weighted by Crippen LogP contribution is -2.31. The Morgan fingerprint density at radius 2 is 1.83 bits per heavy atom. The summed E-state index contributed by atoms with van der Waals surface area (Å²) in [5, 5.41) is 22.6. The molecule has 0 aliphatic carbocycles. The Morgan fingerprint density at radius 3 is 2.54 bits per heavy atom. The molecule has 3 aromatic carbocycles. The second kappa shape index (κ2) is 9.03. The number of para-hydroxylation sites is 1. The first-order valence-electron chi connectivity index (χ1n) is 10.7. The zero-order valence-electron chi connectivity index (χ0n) is 18.5. The monoisotopic (exact) mass is 486 g/mol. The van der Waals surface area contributed by atoms with Gasteiger partial charge in [-0.15, -0.1) is 5.10 Å². The van der Waals surface area contributed by atoms with Crippen molar-refractivity contribution in [2.75, 3.05) is 10.6 Å². The van der Waals surface area contributed by atoms with E-state index < -0.39 is 11.0 Å². The van der Waals surface area contributed by atoms with Crippen molar-refractivity contribution >= 4 is 34.8 Å². The van der Waals surface area contributed by atoms with E-state index in [9.17, 15) is 14.9 Å². The maximum Gasteiger partial charge on any atom is 0.270 e. The summed E-state index contributed by atoms with van der Waals surface area (Å²) in [4.78, 5) is 28.8. The smallest absolute Gasteiger partial charge is 0.270 e. The van der Waals surface area contributed by atoms with Crippen LogP contribution >= 0.6 is 11.6 Å². The number of aromatic nitrogens is 3. The van der Waals surface area contributed by atoms with Crippen molar-refractivity contribution in [3.8, 4) is 11.4 Å². The number of fused-ring (bicyclic) bond motifs is 1. The number of anilines is 2. The maximum absolute atomic E-state index is 13.5. The molecule has 1 aliphatic heterocycles. The zero-order chi connectivity index (χ0) is 24.5. The molecule has 1 aliphatic rings. The standard InChI is InChI=1S/C25H19ClN6O3/c1-15-21(24(33)28-19-7-3-2-4-8-19)22(16-10-12-18(26)13-11-16)31-25(27-15)29-23(30-31)17-6-5-9-20(14-17)32(34)35/h2-14,22H,1H3,(H,28,33)(H,27,29,30)/t22-/m1/s1. The molecule has 2 N–H and O–H groups in total. The van der Waals surface area contributed by atoms with Gasteiger partial charge in [-0.2, -0.15) is 4.98 Å². The maximum atomic E-state index is 13.5. The van der Waals surface area contributed by atoms with Gasteiger partial charge >= 0.3 is 0 Å². The second-order valence-corrected chi connectivity index (χ2v) is 8.39. The van der Waals surface area contributed by atoms with Crippen molar-refractivity contribution in [3.63, 3.8) is 0 Å². The van der Waals surface area contributed by atoms with Gasteiger partial charge in [0.1, 0.15) is 6.04 Å². The Labute approximate surface area is 205 Å². The Bertz CT molecular complexity index is 1460. The van der Waals surface area contributed by atoms with Crippen LogP contribution in [0.1, 0.15) is 18.5 Å². The predicted octanol–water partition coefficient (Wildman–Crippen LogP) is 5.43. The third-order valence-corrected chi connectivity index (χ3v) is 5.88. The third kappa shape index (κ3) is 4.36. The van der Waals surface area contributed by atoms with Crippen LogP contribution in [0.2, 0.25) is 5.02 Å². The first-order valence-corrected chi connectivity index (χ1v) is 11.1. The lowest BCUT2D eigenvalue weighted by molar-refractivity contribution is -0.384. The number of amides is 1. The number of hydrogen-bond acceptors (Lipinski definition) is 6. The van der Waals surface area contributed by atoms with Crippen molar-refractivity contribution in [1.29, 1.82) is 0 Å². The minimum absolute atomic E-state index is 0.0604. The molecule has 1 amide bonds. The summed E-state index contributed by atoms with van der Waals surface area (Å²) in [6.45, 7) is 1.80. The minimum Gasteiger partial charge on any atom is -0.328 e. The topological polar surface area (TPSA) is 115 Å². The number of carbonyl (C=O) groups is 1. The SMILES string of the molecule is CC1=C(C(=O)Nc2ccccc2)[C@@H](c2ccc(Cl)cc2)n2nc(-c3cccc([N+](=O)[O-])c3)nc2N1. The molecule has 0 saturated heterocycles. The number of nitro groups is 1. The molecule has 0 saturated carbocycles. The van der Waals surface area contributed by atoms with E-state index in [0.717, 1.165) is 5.56 Å². The van der Waals surface area contributed by atoms with Gasteiger partial charge in [0.2, 0.25) is 5.95 Å². The van der Waals surface area contributed by atoms with Crippen LogP contribution in [0.15, 0.2) is 90.1 Å². The first-order chi connectivity index (χ1) is 16.9. The first kappa shape index (κ1) is 22.3. The summed E-state index contributed by atoms with van der Waals surface area (Å²) in [7, 11) is 0. The van der Waals surface area contributed by atoms with Crippen molar-refractivity contribution in [2.24, 2.45) is 0 Å². The number of halogens is 1. The molecule has 0 fully saturated rings. The van der Waals surface area contributed by atoms with Crippen LogP contribution < -0.4 is 10.6 Å². The van der Waals surface area contributed by atoms with E-state index >= 15 is 0 Å². The summed E-state index contributed by atoms with van der Waals surface area (Å²) in [6.07, 6.45) is 0. The number of carbonyl (C=O) groups excluding carboxylic acids is 1. The molecule has 4 aromatic rings. The van der Waals surface area contributed by atoms with Crippen LogP contribution in [0, 0.1) is 10.1 Å². The molecule has 2 heterocycles. The lowest BCUT2D eigenvalue weighted by atomic mass is 9.95. The second-order valence-electron chi connectivity index (χ2n) is 7.95. The number of nitro benzene ring substituents is 1. The van der Waals surface area contributed by atoms with E-state index in [1.807, 2.05) is 42.5 Å². The Morgan fingerprint density at radius 1 is 1.09 bits per heavy atom. The van der Waals surface area contributed by atoms with Gasteiger partial charge in [0.05, 0.1) is 10.5 Å². The van der Waals surface area contributed by atoms with Crippen molar-refractivity contribution < 1.29 is 9.72 Å². The minimum atomic E-state index is -0.604. The molecule has 0 bridgehead atoms. The van der Waals surface area contributed by atoms with Crippen molar-refractivity contribution in [1.82, 2.24) is 14.8 Å². The predicted molar refractivity (Wildman–Crippen MR) is 133 cm³/mol. The van der Waals surface area contributed by atoms with Gasteiger partial charge in [0.15, 0.2) is 5.82 Å². The summed E-state index contributed by atoms with van der Waals surface area (Å²) >= 11 is 6.12. The summed E-state index contributed by atoms with van der Waals surface area (Å²) in [5.74, 6) is 0.423. The van der Waals surface area contributed by atoms with Crippen LogP contribution in [0.5, 0.6) is 0 Å². The highest BCUT2D eigenvalue weighted by Crippen LogP contribution is 2.37. The highest BCUT2D eigenvalue weighted by Gasteiger charge is 2.34. The molecule has 1 atom stereocenters. The van der Waals surface area contributed by atoms with Gasteiger partial charge in [0.25, 0.3) is 11.6 Å². The van der Waals surface area contributed by atoms with Crippen LogP contribution in [0.3, 0.4) is 0 Å². The molecular weight excluding hydrogens is 468 g/mol. The van der Waals surface area contributed by atoms with Crippen LogP contribution in [-0.4, -0.2) is 25.6 Å². The van der Waals surface area contributed by atoms with Gasteiger partial charge in [-0.3, -0.25) is 14.9 Å². The third-order valence-electron chi connectivity index (χ3n) is 5.63. The average molecular weight is 487 g/mol. The highest BCUT2D eigenvalue weighted by atomic mass is 35.5. The van der Waals surface area contributed by atoms with E-state index in [1.54, 1.807) is 35.9 Å². The van der Waals surface area contributed by atoms with Gasteiger partial charge in [-0.1, -0.05) is 54.1 Å². The molecular formula is C25H19ClN6O3. The zero-order valence-corrected chi connectivity index (χ0v) is 19.2. The molecule has 0 radical (unpaired) electrons. The summed E-state index contributed by atoms with van der Waals surface area (Å²) in [6, 6.07) is 21.8. The van der Waals surface area contributed by atoms with Crippen molar-refractivity contribution in [3.05, 3.63) is 111 Å². The molecule has 1 aromatic heterocycles. The van der Waals surface area contributed by atoms with Gasteiger partial charge in [0, 0.05) is 34.1 Å². The molecule has 10 heteroatoms. The van der Waals surface area contributed by atoms with E-state index in [0.29, 0.717) is 39.3 Å². The van der Waals surface area contributed by atoms with Crippen LogP contribution in [0.4, 0.5) is 17.3 Å². The van der Waals surface area contributed by atoms with Crippen LogP contribution in [0.25, 0.3) is 11.4 Å². The quantitative estimate of drug-likeness (QED) is 0.287.